The molecule has 0 spiro atoms. The molecule has 1 heterocycles. The van der Waals surface area contributed by atoms with Crippen LogP contribution in [0.15, 0.2) is 0 Å². The quantitative estimate of drug-likeness (QED) is 0.187. The Morgan fingerprint density at radius 1 is 1.33 bits per heavy atom. The van der Waals surface area contributed by atoms with Gasteiger partial charge in [-0.1, -0.05) is 0 Å². The number of hydrogen-bond donors (Lipinski definition) is 0. The van der Waals surface area contributed by atoms with E-state index in [9.17, 15) is 0 Å². The second-order valence-electron chi connectivity index (χ2n) is 0.702. The molecule has 1 saturated heterocycles. The van der Waals surface area contributed by atoms with Crippen LogP contribution in [0.2, 0.25) is 0 Å². The van der Waals surface area contributed by atoms with E-state index in [1.54, 1.807) is 0 Å². The fraction of sp³-hybridized carbons (Fsp3) is 1.00. The highest BCUT2D eigenvalue weighted by Crippen LogP contribution is 1.84. The van der Waals surface area contributed by atoms with Gasteiger partial charge in [0.05, 0.1) is 13.2 Å². The fourth-order valence-corrected chi connectivity index (χ4v) is 0. The van der Waals surface area contributed by atoms with Gasteiger partial charge in [-0.25, -0.2) is 0 Å². The first-order valence-corrected chi connectivity index (χ1v) is 1.48. The van der Waals surface area contributed by atoms with Gasteiger partial charge in [-0.15, -0.1) is 0 Å². The van der Waals surface area contributed by atoms with Gasteiger partial charge in [0, 0.05) is 0 Å². The molecule has 0 aliphatic carbocycles. The first-order chi connectivity index (χ1) is 2.91. The second kappa shape index (κ2) is 4.27. The highest BCUT2D eigenvalue weighted by Gasteiger charge is 1.94. The summed E-state index contributed by atoms with van der Waals surface area (Å²) in [7, 11) is 0. The van der Waals surface area contributed by atoms with Crippen LogP contribution in [0.4, 0.5) is 0 Å². The third kappa shape index (κ3) is 231. The van der Waals surface area contributed by atoms with Crippen molar-refractivity contribution in [3.8, 4) is 0 Å². The maximum Gasteiger partial charge on any atom is 0.0701 e. The van der Waals surface area contributed by atoms with Gasteiger partial charge in [-0.3, -0.25) is 4.91 Å². The van der Waals surface area contributed by atoms with Gasteiger partial charge in [-0.05, 0) is 0 Å². The van der Waals surface area contributed by atoms with Crippen LogP contribution in [0.5, 0.6) is 0 Å². The first kappa shape index (κ1) is 5.27. The zero-order valence-corrected chi connectivity index (χ0v) is 3.16. The molecular formula is C2H4N3O-. The summed E-state index contributed by atoms with van der Waals surface area (Å²) in [5.74, 6) is 0. The minimum Gasteiger partial charge on any atom is -0.377 e. The van der Waals surface area contributed by atoms with E-state index in [0.717, 1.165) is 13.2 Å². The molecule has 4 nitrogen and oxygen atoms in total. The third-order valence-corrected chi connectivity index (χ3v) is 0.204. The van der Waals surface area contributed by atoms with Crippen LogP contribution in [0.1, 0.15) is 0 Å². The molecule has 0 radical (unpaired) electrons. The van der Waals surface area contributed by atoms with E-state index in [1.165, 1.54) is 4.91 Å². The smallest absolute Gasteiger partial charge is 0.0701 e. The molecule has 0 aromatic heterocycles. The zero-order chi connectivity index (χ0) is 4.83. The molecule has 4 heteroatoms. The molecule has 34 valence electrons. The van der Waals surface area contributed by atoms with Crippen molar-refractivity contribution in [2.75, 3.05) is 13.2 Å². The summed E-state index contributed by atoms with van der Waals surface area (Å²) in [5, 5.41) is 0. The van der Waals surface area contributed by atoms with Crippen molar-refractivity contribution in [1.82, 2.24) is 0 Å². The molecule has 0 N–H and O–H groups in total. The summed E-state index contributed by atoms with van der Waals surface area (Å²) >= 11 is 0. The van der Waals surface area contributed by atoms with Crippen molar-refractivity contribution in [3.05, 3.63) is 16.0 Å². The minimum absolute atomic E-state index is 1.00. The van der Waals surface area contributed by atoms with E-state index in [2.05, 4.69) is 4.74 Å². The van der Waals surface area contributed by atoms with Gasteiger partial charge in [0.2, 0.25) is 0 Å². The topological polar surface area (TPSA) is 71.2 Å². The minimum atomic E-state index is 1.00. The van der Waals surface area contributed by atoms with E-state index >= 15 is 0 Å². The first-order valence-electron chi connectivity index (χ1n) is 1.48. The Bertz CT molecular complexity index is 51.1. The van der Waals surface area contributed by atoms with Gasteiger partial charge < -0.3 is 15.8 Å². The fourth-order valence-electron chi connectivity index (χ4n) is 0. The van der Waals surface area contributed by atoms with Crippen LogP contribution in [0.3, 0.4) is 0 Å². The van der Waals surface area contributed by atoms with Crippen LogP contribution < -0.4 is 0 Å². The van der Waals surface area contributed by atoms with Crippen molar-refractivity contribution >= 4 is 0 Å². The van der Waals surface area contributed by atoms with Gasteiger partial charge in [0.1, 0.15) is 0 Å². The average molecular weight is 86.1 g/mol. The monoisotopic (exact) mass is 86.0 g/mol. The molecule has 0 atom stereocenters. The zero-order valence-electron chi connectivity index (χ0n) is 3.16. The lowest BCUT2D eigenvalue weighted by Gasteiger charge is -1.31. The van der Waals surface area contributed by atoms with Crippen LogP contribution in [-0.4, -0.2) is 13.2 Å². The molecular weight excluding hydrogens is 82.0 g/mol. The Morgan fingerprint density at radius 3 is 1.50 bits per heavy atom. The largest absolute Gasteiger partial charge is 0.377 e. The summed E-state index contributed by atoms with van der Waals surface area (Å²) in [6.07, 6.45) is 0. The molecule has 1 aliphatic heterocycles. The van der Waals surface area contributed by atoms with Crippen LogP contribution in [0.25, 0.3) is 16.0 Å². The summed E-state index contributed by atoms with van der Waals surface area (Å²) < 4.78 is 4.50. The van der Waals surface area contributed by atoms with E-state index in [0.29, 0.717) is 0 Å². The molecule has 0 bridgehead atoms. The second-order valence-corrected chi connectivity index (χ2v) is 0.702. The van der Waals surface area contributed by atoms with Gasteiger partial charge >= 0.3 is 0 Å². The number of epoxide rings is 1. The standard InChI is InChI=1S/C2H4O.N3/c1-2-3-1;1-3-2/h1-2H2;/q;-1. The number of nitrogens with zero attached hydrogens (tertiary/aromatic N) is 3. The Balaban J connectivity index is 0.0000000833. The molecule has 0 amide bonds. The lowest BCUT2D eigenvalue weighted by Crippen LogP contribution is -1.20. The van der Waals surface area contributed by atoms with E-state index < -0.39 is 0 Å². The number of ether oxygens (including phenoxy) is 1. The molecule has 1 rings (SSSR count). The Kier molecular flexibility index (Phi) is 3.75. The van der Waals surface area contributed by atoms with Crippen molar-refractivity contribution < 1.29 is 4.74 Å². The predicted molar refractivity (Wildman–Crippen MR) is 20.9 cm³/mol. The van der Waals surface area contributed by atoms with Crippen LogP contribution in [-0.2, 0) is 4.74 Å². The van der Waals surface area contributed by atoms with Crippen molar-refractivity contribution in [1.29, 1.82) is 0 Å². The molecule has 0 saturated carbocycles. The van der Waals surface area contributed by atoms with E-state index in [-0.39, 0.29) is 0 Å². The Labute approximate surface area is 35.1 Å². The molecule has 6 heavy (non-hydrogen) atoms. The normalized spacial score (nSPS) is 13.3. The SMILES string of the molecule is C1CO1.[N-]=[N+]=[N-]. The summed E-state index contributed by atoms with van der Waals surface area (Å²) in [4.78, 5) is 1.50. The number of rotatable bonds is 0. The molecule has 0 aromatic carbocycles. The maximum absolute atomic E-state index is 6.75. The van der Waals surface area contributed by atoms with Crippen molar-refractivity contribution in [2.45, 2.75) is 0 Å². The van der Waals surface area contributed by atoms with E-state index in [1.807, 2.05) is 0 Å². The third-order valence-electron chi connectivity index (χ3n) is 0.204. The molecule has 1 aliphatic rings. The Hall–Kier alpha value is -0.730. The molecule has 1 fully saturated rings. The predicted octanol–water partition coefficient (Wildman–Crippen LogP) is 0.883. The highest BCUT2D eigenvalue weighted by atomic mass is 16.6. The summed E-state index contributed by atoms with van der Waals surface area (Å²) in [5.41, 5.74) is 13.5. The molecule has 0 unspecified atom stereocenters. The summed E-state index contributed by atoms with van der Waals surface area (Å²) in [6.45, 7) is 2.00. The Morgan fingerprint density at radius 2 is 1.50 bits per heavy atom. The van der Waals surface area contributed by atoms with Crippen LogP contribution in [0, 0.1) is 0 Å². The number of hydrogen-bond acceptors (Lipinski definition) is 1. The maximum atomic E-state index is 6.75. The highest BCUT2D eigenvalue weighted by molar-refractivity contribution is 4.36. The van der Waals surface area contributed by atoms with Gasteiger partial charge in [0.25, 0.3) is 0 Å². The van der Waals surface area contributed by atoms with E-state index in [4.69, 9.17) is 11.1 Å². The molecule has 0 aromatic rings. The lowest BCUT2D eigenvalue weighted by atomic mass is 11.0. The summed E-state index contributed by atoms with van der Waals surface area (Å²) in [6, 6.07) is 0. The average Bonchev–Trinajstić information content (AvgIpc) is 2.11. The van der Waals surface area contributed by atoms with Crippen molar-refractivity contribution in [2.24, 2.45) is 0 Å². The van der Waals surface area contributed by atoms with Crippen LogP contribution >= 0.6 is 0 Å². The van der Waals surface area contributed by atoms with Crippen molar-refractivity contribution in [3.63, 3.8) is 0 Å². The lowest BCUT2D eigenvalue weighted by molar-refractivity contribution is 0.475. The van der Waals surface area contributed by atoms with Gasteiger partial charge in [-0.2, -0.15) is 0 Å². The van der Waals surface area contributed by atoms with Gasteiger partial charge in [0.15, 0.2) is 0 Å².